The first-order valence-corrected chi connectivity index (χ1v) is 4.25. The van der Waals surface area contributed by atoms with Gasteiger partial charge in [0.1, 0.15) is 5.82 Å². The van der Waals surface area contributed by atoms with Gasteiger partial charge in [-0.15, -0.1) is 0 Å². The lowest BCUT2D eigenvalue weighted by atomic mass is 10.2. The van der Waals surface area contributed by atoms with Crippen LogP contribution in [0.2, 0.25) is 0 Å². The average molecular weight is 241 g/mol. The van der Waals surface area contributed by atoms with Gasteiger partial charge in [-0.05, 0) is 22.0 Å². The van der Waals surface area contributed by atoms with Gasteiger partial charge in [0, 0.05) is 10.7 Å². The summed E-state index contributed by atoms with van der Waals surface area (Å²) in [5.74, 6) is 0.735. The van der Waals surface area contributed by atoms with Crippen molar-refractivity contribution >= 4 is 21.7 Å². The molecule has 13 heavy (non-hydrogen) atoms. The lowest BCUT2D eigenvalue weighted by molar-refractivity contribution is 0.430. The molecule has 6 heteroatoms. The Labute approximate surface area is 82.1 Å². The van der Waals surface area contributed by atoms with Crippen molar-refractivity contribution in [2.45, 2.75) is 0 Å². The number of hydrogen-bond donors (Lipinski definition) is 1. The highest BCUT2D eigenvalue weighted by atomic mass is 79.9. The summed E-state index contributed by atoms with van der Waals surface area (Å²) in [6.07, 6.45) is 2.92. The normalized spacial score (nSPS) is 10.2. The van der Waals surface area contributed by atoms with E-state index in [0.29, 0.717) is 17.3 Å². The van der Waals surface area contributed by atoms with Crippen LogP contribution in [0.5, 0.6) is 0 Å². The van der Waals surface area contributed by atoms with Gasteiger partial charge in [0.25, 0.3) is 5.89 Å². The van der Waals surface area contributed by atoms with Crippen LogP contribution >= 0.6 is 15.9 Å². The van der Waals surface area contributed by atoms with E-state index < -0.39 is 0 Å². The van der Waals surface area contributed by atoms with E-state index in [0.717, 1.165) is 4.47 Å². The lowest BCUT2D eigenvalue weighted by Gasteiger charge is -1.98. The summed E-state index contributed by atoms with van der Waals surface area (Å²) in [5, 5.41) is 3.48. The minimum absolute atomic E-state index is 0.367. The zero-order valence-corrected chi connectivity index (χ0v) is 8.02. The molecule has 0 unspecified atom stereocenters. The van der Waals surface area contributed by atoms with Crippen LogP contribution in [-0.2, 0) is 0 Å². The molecule has 0 saturated heterocycles. The van der Waals surface area contributed by atoms with Crippen LogP contribution in [0.25, 0.3) is 11.5 Å². The van der Waals surface area contributed by atoms with E-state index in [-0.39, 0.29) is 0 Å². The van der Waals surface area contributed by atoms with Crippen molar-refractivity contribution in [1.29, 1.82) is 0 Å². The molecule has 0 aromatic carbocycles. The van der Waals surface area contributed by atoms with Gasteiger partial charge in [-0.3, -0.25) is 0 Å². The van der Waals surface area contributed by atoms with Crippen LogP contribution in [0.1, 0.15) is 0 Å². The zero-order chi connectivity index (χ0) is 9.26. The van der Waals surface area contributed by atoms with E-state index in [4.69, 9.17) is 10.3 Å². The summed E-state index contributed by atoms with van der Waals surface area (Å²) in [5.41, 5.74) is 6.25. The smallest absolute Gasteiger partial charge is 0.261 e. The molecule has 0 aliphatic heterocycles. The zero-order valence-electron chi connectivity index (χ0n) is 6.44. The third kappa shape index (κ3) is 1.52. The largest absolute Gasteiger partial charge is 0.383 e. The second kappa shape index (κ2) is 3.14. The van der Waals surface area contributed by atoms with E-state index >= 15 is 0 Å². The van der Waals surface area contributed by atoms with Gasteiger partial charge in [0.15, 0.2) is 6.33 Å². The monoisotopic (exact) mass is 240 g/mol. The number of anilines is 1. The number of aromatic nitrogens is 3. The highest BCUT2D eigenvalue weighted by Crippen LogP contribution is 2.24. The number of nitrogen functional groups attached to an aromatic ring is 1. The maximum atomic E-state index is 5.62. The van der Waals surface area contributed by atoms with Crippen molar-refractivity contribution in [2.75, 3.05) is 5.73 Å². The van der Waals surface area contributed by atoms with Crippen molar-refractivity contribution in [3.63, 3.8) is 0 Å². The van der Waals surface area contributed by atoms with E-state index in [2.05, 4.69) is 31.1 Å². The molecule has 0 aliphatic carbocycles. The predicted molar refractivity (Wildman–Crippen MR) is 49.6 cm³/mol. The first kappa shape index (κ1) is 8.18. The number of hydrogen-bond acceptors (Lipinski definition) is 5. The Morgan fingerprint density at radius 1 is 1.38 bits per heavy atom. The van der Waals surface area contributed by atoms with Gasteiger partial charge in [-0.1, -0.05) is 5.16 Å². The molecular weight excluding hydrogens is 236 g/mol. The first-order valence-electron chi connectivity index (χ1n) is 3.45. The maximum Gasteiger partial charge on any atom is 0.261 e. The second-order valence-corrected chi connectivity index (χ2v) is 3.25. The van der Waals surface area contributed by atoms with E-state index in [1.165, 1.54) is 6.33 Å². The Kier molecular flexibility index (Phi) is 1.97. The standard InChI is InChI=1S/C7H5BrN4O/c8-4-1-5(6(9)10-2-4)7-11-3-12-13-7/h1-3H,(H2,9,10). The third-order valence-corrected chi connectivity index (χ3v) is 1.91. The van der Waals surface area contributed by atoms with Gasteiger partial charge >= 0.3 is 0 Å². The predicted octanol–water partition coefficient (Wildman–Crippen LogP) is 1.48. The SMILES string of the molecule is Nc1ncc(Br)cc1-c1ncno1. The van der Waals surface area contributed by atoms with Crippen molar-refractivity contribution in [3.05, 3.63) is 23.1 Å². The topological polar surface area (TPSA) is 77.8 Å². The molecule has 2 aromatic heterocycles. The fourth-order valence-electron chi connectivity index (χ4n) is 0.913. The van der Waals surface area contributed by atoms with Gasteiger partial charge in [-0.25, -0.2) is 4.98 Å². The molecule has 0 amide bonds. The minimum atomic E-state index is 0.367. The Morgan fingerprint density at radius 3 is 2.92 bits per heavy atom. The first-order chi connectivity index (χ1) is 6.27. The number of halogens is 1. The van der Waals surface area contributed by atoms with E-state index in [1.54, 1.807) is 12.3 Å². The summed E-state index contributed by atoms with van der Waals surface area (Å²) < 4.78 is 5.67. The summed E-state index contributed by atoms with van der Waals surface area (Å²) in [6, 6.07) is 1.77. The second-order valence-electron chi connectivity index (χ2n) is 2.33. The fraction of sp³-hybridized carbons (Fsp3) is 0. The van der Waals surface area contributed by atoms with Crippen LogP contribution in [0.4, 0.5) is 5.82 Å². The molecule has 0 spiro atoms. The molecule has 0 aliphatic rings. The molecule has 0 radical (unpaired) electrons. The highest BCUT2D eigenvalue weighted by Gasteiger charge is 2.09. The van der Waals surface area contributed by atoms with Crippen LogP contribution in [0.3, 0.4) is 0 Å². The van der Waals surface area contributed by atoms with Crippen LogP contribution in [0, 0.1) is 0 Å². The van der Waals surface area contributed by atoms with Gasteiger partial charge < -0.3 is 10.3 Å². The molecule has 0 bridgehead atoms. The summed E-state index contributed by atoms with van der Waals surface area (Å²) in [4.78, 5) is 7.81. The number of nitrogens with zero attached hydrogens (tertiary/aromatic N) is 3. The minimum Gasteiger partial charge on any atom is -0.383 e. The van der Waals surface area contributed by atoms with Crippen LogP contribution in [0.15, 0.2) is 27.6 Å². The molecule has 0 atom stereocenters. The lowest BCUT2D eigenvalue weighted by Crippen LogP contribution is -1.93. The van der Waals surface area contributed by atoms with E-state index in [1.807, 2.05) is 0 Å². The van der Waals surface area contributed by atoms with Gasteiger partial charge in [-0.2, -0.15) is 4.98 Å². The molecular formula is C7H5BrN4O. The molecule has 2 rings (SSSR count). The van der Waals surface area contributed by atoms with Gasteiger partial charge in [0.2, 0.25) is 0 Å². The van der Waals surface area contributed by atoms with Crippen molar-refractivity contribution in [2.24, 2.45) is 0 Å². The number of nitrogens with two attached hydrogens (primary N) is 1. The molecule has 2 heterocycles. The molecule has 5 nitrogen and oxygen atoms in total. The molecule has 66 valence electrons. The maximum absolute atomic E-state index is 5.62. The van der Waals surface area contributed by atoms with Crippen molar-refractivity contribution < 1.29 is 4.52 Å². The van der Waals surface area contributed by atoms with Crippen molar-refractivity contribution in [1.82, 2.24) is 15.1 Å². The molecule has 0 saturated carbocycles. The highest BCUT2D eigenvalue weighted by molar-refractivity contribution is 9.10. The van der Waals surface area contributed by atoms with Gasteiger partial charge in [0.05, 0.1) is 5.56 Å². The van der Waals surface area contributed by atoms with Crippen LogP contribution in [-0.4, -0.2) is 15.1 Å². The Hall–Kier alpha value is -1.43. The number of pyridine rings is 1. The summed E-state index contributed by atoms with van der Waals surface area (Å²) >= 11 is 3.27. The Morgan fingerprint density at radius 2 is 2.23 bits per heavy atom. The third-order valence-electron chi connectivity index (χ3n) is 1.48. The number of rotatable bonds is 1. The van der Waals surface area contributed by atoms with Crippen molar-refractivity contribution in [3.8, 4) is 11.5 Å². The Bertz CT molecular complexity index is 414. The summed E-state index contributed by atoms with van der Waals surface area (Å²) in [7, 11) is 0. The summed E-state index contributed by atoms with van der Waals surface area (Å²) in [6.45, 7) is 0. The molecule has 2 N–H and O–H groups in total. The van der Waals surface area contributed by atoms with E-state index in [9.17, 15) is 0 Å². The average Bonchev–Trinajstić information content (AvgIpc) is 2.61. The quantitative estimate of drug-likeness (QED) is 0.817. The molecule has 2 aromatic rings. The Balaban J connectivity index is 2.57. The van der Waals surface area contributed by atoms with Crippen LogP contribution < -0.4 is 5.73 Å². The molecule has 0 fully saturated rings. The fourth-order valence-corrected chi connectivity index (χ4v) is 1.24.